The molecule has 0 saturated heterocycles. The molecule has 0 radical (unpaired) electrons. The number of alkyl halides is 6. The standard InChI is InChI=1S/C20H18F6O5S/c1-2-3-9-17(27)30-12-15-10-14(13-7-5-4-6-8-13)11-16(18(15)19(21,22)23)31-32(28,29)20(24,25)26/h4-8,10-11H,2-3,9,12H2,1H3. The molecule has 0 aliphatic heterocycles. The average Bonchev–Trinajstić information content (AvgIpc) is 2.69. The van der Waals surface area contributed by atoms with Gasteiger partial charge in [0.25, 0.3) is 0 Å². The van der Waals surface area contributed by atoms with Gasteiger partial charge < -0.3 is 8.92 Å². The van der Waals surface area contributed by atoms with Gasteiger partial charge in [-0.2, -0.15) is 34.8 Å². The van der Waals surface area contributed by atoms with E-state index < -0.39 is 51.3 Å². The van der Waals surface area contributed by atoms with E-state index >= 15 is 0 Å². The Kier molecular flexibility index (Phi) is 7.81. The van der Waals surface area contributed by atoms with E-state index in [4.69, 9.17) is 4.74 Å². The highest BCUT2D eigenvalue weighted by molar-refractivity contribution is 7.88. The predicted octanol–water partition coefficient (Wildman–Crippen LogP) is 5.83. The fraction of sp³-hybridized carbons (Fsp3) is 0.350. The fourth-order valence-electron chi connectivity index (χ4n) is 2.69. The van der Waals surface area contributed by atoms with Crippen LogP contribution in [0.5, 0.6) is 5.75 Å². The molecule has 0 atom stereocenters. The van der Waals surface area contributed by atoms with Gasteiger partial charge in [-0.05, 0) is 29.7 Å². The average molecular weight is 484 g/mol. The second-order valence-corrected chi connectivity index (χ2v) is 8.16. The first-order chi connectivity index (χ1) is 14.8. The van der Waals surface area contributed by atoms with Gasteiger partial charge >= 0.3 is 27.8 Å². The van der Waals surface area contributed by atoms with E-state index in [1.165, 1.54) is 24.3 Å². The summed E-state index contributed by atoms with van der Waals surface area (Å²) in [5, 5.41) is 0. The lowest BCUT2D eigenvalue weighted by atomic mass is 9.98. The first-order valence-corrected chi connectivity index (χ1v) is 10.6. The van der Waals surface area contributed by atoms with E-state index in [0.717, 1.165) is 6.07 Å². The lowest BCUT2D eigenvalue weighted by Gasteiger charge is -2.20. The largest absolute Gasteiger partial charge is 0.534 e. The van der Waals surface area contributed by atoms with Gasteiger partial charge in [-0.1, -0.05) is 43.7 Å². The number of ether oxygens (including phenoxy) is 1. The number of halogens is 6. The molecule has 0 unspecified atom stereocenters. The second-order valence-electron chi connectivity index (χ2n) is 6.62. The minimum atomic E-state index is -6.40. The molecule has 0 aliphatic rings. The van der Waals surface area contributed by atoms with Gasteiger partial charge in [-0.3, -0.25) is 4.79 Å². The van der Waals surface area contributed by atoms with Crippen molar-refractivity contribution in [3.05, 3.63) is 53.6 Å². The van der Waals surface area contributed by atoms with Gasteiger partial charge in [0, 0.05) is 12.0 Å². The highest BCUT2D eigenvalue weighted by Crippen LogP contribution is 2.43. The number of unbranched alkanes of at least 4 members (excludes halogenated alkanes) is 1. The lowest BCUT2D eigenvalue weighted by Crippen LogP contribution is -2.29. The zero-order valence-corrected chi connectivity index (χ0v) is 17.4. The first kappa shape index (κ1) is 25.5. The third-order valence-corrected chi connectivity index (χ3v) is 5.15. The number of esters is 1. The molecule has 12 heteroatoms. The topological polar surface area (TPSA) is 69.7 Å². The normalized spacial score (nSPS) is 12.5. The molecule has 0 fully saturated rings. The highest BCUT2D eigenvalue weighted by atomic mass is 32.2. The minimum Gasteiger partial charge on any atom is -0.461 e. The number of carbonyl (C=O) groups excluding carboxylic acids is 1. The molecule has 0 spiro atoms. The molecule has 0 amide bonds. The molecule has 5 nitrogen and oxygen atoms in total. The van der Waals surface area contributed by atoms with Gasteiger partial charge in [0.2, 0.25) is 0 Å². The maximum Gasteiger partial charge on any atom is 0.534 e. The van der Waals surface area contributed by atoms with Crippen LogP contribution in [0.4, 0.5) is 26.3 Å². The molecule has 176 valence electrons. The lowest BCUT2D eigenvalue weighted by molar-refractivity contribution is -0.148. The molecule has 0 aromatic heterocycles. The van der Waals surface area contributed by atoms with Crippen LogP contribution in [0.15, 0.2) is 42.5 Å². The summed E-state index contributed by atoms with van der Waals surface area (Å²) >= 11 is 0. The van der Waals surface area contributed by atoms with Crippen LogP contribution in [-0.2, 0) is 32.4 Å². The Morgan fingerprint density at radius 1 is 0.969 bits per heavy atom. The van der Waals surface area contributed by atoms with Crippen molar-refractivity contribution >= 4 is 16.1 Å². The molecule has 0 saturated carbocycles. The summed E-state index contributed by atoms with van der Waals surface area (Å²) in [6.07, 6.45) is -4.33. The Balaban J connectivity index is 2.64. The summed E-state index contributed by atoms with van der Waals surface area (Å²) < 4.78 is 111. The maximum absolute atomic E-state index is 13.7. The van der Waals surface area contributed by atoms with Gasteiger partial charge in [-0.15, -0.1) is 0 Å². The van der Waals surface area contributed by atoms with Gasteiger partial charge in [-0.25, -0.2) is 0 Å². The zero-order valence-electron chi connectivity index (χ0n) is 16.6. The molecular weight excluding hydrogens is 466 g/mol. The van der Waals surface area contributed by atoms with Crippen molar-refractivity contribution in [1.82, 2.24) is 0 Å². The smallest absolute Gasteiger partial charge is 0.461 e. The molecule has 0 heterocycles. The Hall–Kier alpha value is -2.76. The number of benzene rings is 2. The zero-order chi connectivity index (χ0) is 24.2. The predicted molar refractivity (Wildman–Crippen MR) is 102 cm³/mol. The van der Waals surface area contributed by atoms with Crippen LogP contribution in [-0.4, -0.2) is 19.9 Å². The van der Waals surface area contributed by atoms with Crippen LogP contribution >= 0.6 is 0 Å². The quantitative estimate of drug-likeness (QED) is 0.204. The van der Waals surface area contributed by atoms with Gasteiger partial charge in [0.05, 0.1) is 0 Å². The van der Waals surface area contributed by atoms with Crippen LogP contribution in [0.25, 0.3) is 11.1 Å². The van der Waals surface area contributed by atoms with Crippen molar-refractivity contribution in [3.8, 4) is 16.9 Å². The number of rotatable bonds is 8. The summed E-state index contributed by atoms with van der Waals surface area (Å²) in [5.74, 6) is -2.38. The van der Waals surface area contributed by atoms with Crippen LogP contribution in [0, 0.1) is 0 Å². The Bertz CT molecular complexity index is 1050. The van der Waals surface area contributed by atoms with Crippen molar-refractivity contribution in [1.29, 1.82) is 0 Å². The van der Waals surface area contributed by atoms with Crippen molar-refractivity contribution in [2.24, 2.45) is 0 Å². The molecule has 2 aromatic carbocycles. The molecule has 2 aromatic rings. The molecule has 2 rings (SSSR count). The second kappa shape index (κ2) is 9.80. The Morgan fingerprint density at radius 3 is 2.12 bits per heavy atom. The molecule has 0 N–H and O–H groups in total. The minimum absolute atomic E-state index is 0.0643. The monoisotopic (exact) mass is 484 g/mol. The van der Waals surface area contributed by atoms with E-state index in [2.05, 4.69) is 4.18 Å². The summed E-state index contributed by atoms with van der Waals surface area (Å²) in [6.45, 7) is 0.837. The van der Waals surface area contributed by atoms with Crippen molar-refractivity contribution in [2.75, 3.05) is 0 Å². The van der Waals surface area contributed by atoms with E-state index in [-0.39, 0.29) is 17.5 Å². The summed E-state index contributed by atoms with van der Waals surface area (Å²) in [5.41, 5.74) is -8.28. The third kappa shape index (κ3) is 6.38. The molecular formula is C20H18F6O5S. The molecule has 32 heavy (non-hydrogen) atoms. The van der Waals surface area contributed by atoms with Crippen molar-refractivity contribution < 1.29 is 48.5 Å². The van der Waals surface area contributed by atoms with Crippen molar-refractivity contribution in [3.63, 3.8) is 0 Å². The third-order valence-electron chi connectivity index (χ3n) is 4.18. The van der Waals surface area contributed by atoms with Crippen molar-refractivity contribution in [2.45, 2.75) is 44.5 Å². The van der Waals surface area contributed by atoms with E-state index in [0.29, 0.717) is 18.9 Å². The summed E-state index contributed by atoms with van der Waals surface area (Å²) in [6, 6.07) is 9.02. The number of hydrogen-bond acceptors (Lipinski definition) is 5. The van der Waals surface area contributed by atoms with Crippen LogP contribution in [0.1, 0.15) is 37.3 Å². The van der Waals surface area contributed by atoms with E-state index in [9.17, 15) is 39.6 Å². The first-order valence-electron chi connectivity index (χ1n) is 9.22. The number of carbonyl (C=O) groups is 1. The summed E-state index contributed by atoms with van der Waals surface area (Å²) in [4.78, 5) is 11.8. The van der Waals surface area contributed by atoms with Gasteiger partial charge in [0.15, 0.2) is 5.75 Å². The molecule has 0 aliphatic carbocycles. The Labute approximate surface area is 180 Å². The maximum atomic E-state index is 13.7. The fourth-order valence-corrected chi connectivity index (χ4v) is 3.15. The number of hydrogen-bond donors (Lipinski definition) is 0. The van der Waals surface area contributed by atoms with Crippen LogP contribution in [0.3, 0.4) is 0 Å². The Morgan fingerprint density at radius 2 is 1.59 bits per heavy atom. The van der Waals surface area contributed by atoms with Gasteiger partial charge in [0.1, 0.15) is 12.2 Å². The molecule has 0 bridgehead atoms. The SMILES string of the molecule is CCCCC(=O)OCc1cc(-c2ccccc2)cc(OS(=O)(=O)C(F)(F)F)c1C(F)(F)F. The van der Waals surface area contributed by atoms with E-state index in [1.54, 1.807) is 13.0 Å². The van der Waals surface area contributed by atoms with Crippen LogP contribution in [0.2, 0.25) is 0 Å². The summed E-state index contributed by atoms with van der Waals surface area (Å²) in [7, 11) is -6.40. The highest BCUT2D eigenvalue weighted by Gasteiger charge is 2.50. The van der Waals surface area contributed by atoms with Crippen LogP contribution < -0.4 is 4.18 Å². The van der Waals surface area contributed by atoms with E-state index in [1.807, 2.05) is 0 Å².